The second kappa shape index (κ2) is 5.65. The highest BCUT2D eigenvalue weighted by Gasteiger charge is 2.12. The summed E-state index contributed by atoms with van der Waals surface area (Å²) in [5, 5.41) is 0. The maximum atomic E-state index is 6.27. The number of hydrogen-bond acceptors (Lipinski definition) is 1. The van der Waals surface area contributed by atoms with Crippen molar-refractivity contribution in [1.29, 1.82) is 0 Å². The van der Waals surface area contributed by atoms with Gasteiger partial charge in [-0.05, 0) is 41.5 Å². The van der Waals surface area contributed by atoms with Gasteiger partial charge in [-0.2, -0.15) is 0 Å². The first kappa shape index (κ1) is 13.3. The molecule has 0 aromatic heterocycles. The van der Waals surface area contributed by atoms with Gasteiger partial charge >= 0.3 is 0 Å². The highest BCUT2D eigenvalue weighted by Crippen LogP contribution is 2.29. The quantitative estimate of drug-likeness (QED) is 0.726. The van der Waals surface area contributed by atoms with Gasteiger partial charge in [0.2, 0.25) is 0 Å². The van der Waals surface area contributed by atoms with Crippen molar-refractivity contribution in [3.05, 3.63) is 67.0 Å². The van der Waals surface area contributed by atoms with E-state index in [4.69, 9.17) is 5.73 Å². The SMILES string of the molecule is NC(c1ccc(Br)cc1)c1cc(Br)ccc1Br. The van der Waals surface area contributed by atoms with E-state index in [1.54, 1.807) is 0 Å². The fraction of sp³-hybridized carbons (Fsp3) is 0.0769. The molecule has 0 saturated heterocycles. The molecule has 0 aliphatic rings. The fourth-order valence-corrected chi connectivity index (χ4v) is 2.74. The molecule has 0 heterocycles. The van der Waals surface area contributed by atoms with Gasteiger partial charge in [0, 0.05) is 13.4 Å². The summed E-state index contributed by atoms with van der Waals surface area (Å²) in [6.07, 6.45) is 0. The number of hydrogen-bond donors (Lipinski definition) is 1. The van der Waals surface area contributed by atoms with Gasteiger partial charge in [0.25, 0.3) is 0 Å². The van der Waals surface area contributed by atoms with Gasteiger partial charge in [0.1, 0.15) is 0 Å². The maximum Gasteiger partial charge on any atom is 0.0563 e. The van der Waals surface area contributed by atoms with Crippen LogP contribution < -0.4 is 5.73 Å². The van der Waals surface area contributed by atoms with Crippen LogP contribution in [0.4, 0.5) is 0 Å². The molecule has 0 spiro atoms. The van der Waals surface area contributed by atoms with Gasteiger partial charge in [0.05, 0.1) is 6.04 Å². The molecule has 88 valence electrons. The molecule has 0 aliphatic carbocycles. The Morgan fingerprint density at radius 1 is 0.824 bits per heavy atom. The normalized spacial score (nSPS) is 12.5. The molecule has 0 bridgehead atoms. The smallest absolute Gasteiger partial charge is 0.0563 e. The van der Waals surface area contributed by atoms with Gasteiger partial charge in [-0.25, -0.2) is 0 Å². The number of rotatable bonds is 2. The lowest BCUT2D eigenvalue weighted by atomic mass is 10.00. The van der Waals surface area contributed by atoms with Crippen LogP contribution in [0.2, 0.25) is 0 Å². The number of nitrogens with two attached hydrogens (primary N) is 1. The Balaban J connectivity index is 2.39. The van der Waals surface area contributed by atoms with E-state index in [2.05, 4.69) is 47.8 Å². The molecule has 0 aliphatic heterocycles. The van der Waals surface area contributed by atoms with Crippen molar-refractivity contribution < 1.29 is 0 Å². The summed E-state index contributed by atoms with van der Waals surface area (Å²) in [5.74, 6) is 0. The highest BCUT2D eigenvalue weighted by molar-refractivity contribution is 9.11. The Hall–Kier alpha value is -0.160. The molecule has 1 atom stereocenters. The van der Waals surface area contributed by atoms with E-state index in [1.807, 2.05) is 42.5 Å². The highest BCUT2D eigenvalue weighted by atomic mass is 79.9. The van der Waals surface area contributed by atoms with Crippen LogP contribution in [-0.2, 0) is 0 Å². The monoisotopic (exact) mass is 417 g/mol. The summed E-state index contributed by atoms with van der Waals surface area (Å²) in [4.78, 5) is 0. The predicted octanol–water partition coefficient (Wildman–Crippen LogP) is 5.02. The van der Waals surface area contributed by atoms with Crippen molar-refractivity contribution in [3.8, 4) is 0 Å². The second-order valence-corrected chi connectivity index (χ2v) is 6.38. The predicted molar refractivity (Wildman–Crippen MR) is 82.0 cm³/mol. The molecule has 1 nitrogen and oxygen atoms in total. The van der Waals surface area contributed by atoms with Gasteiger partial charge in [-0.3, -0.25) is 0 Å². The summed E-state index contributed by atoms with van der Waals surface area (Å²) < 4.78 is 3.11. The van der Waals surface area contributed by atoms with Crippen molar-refractivity contribution in [2.24, 2.45) is 5.73 Å². The Morgan fingerprint density at radius 3 is 2.06 bits per heavy atom. The van der Waals surface area contributed by atoms with Gasteiger partial charge in [0.15, 0.2) is 0 Å². The van der Waals surface area contributed by atoms with Crippen LogP contribution in [0.25, 0.3) is 0 Å². The minimum absolute atomic E-state index is 0.130. The third-order valence-electron chi connectivity index (χ3n) is 2.52. The summed E-state index contributed by atoms with van der Waals surface area (Å²) in [6.45, 7) is 0. The molecule has 0 amide bonds. The third kappa shape index (κ3) is 3.19. The first-order valence-electron chi connectivity index (χ1n) is 5.04. The van der Waals surface area contributed by atoms with Crippen molar-refractivity contribution in [2.75, 3.05) is 0 Å². The second-order valence-electron chi connectivity index (χ2n) is 3.70. The first-order chi connectivity index (χ1) is 8.08. The largest absolute Gasteiger partial charge is 0.320 e. The van der Waals surface area contributed by atoms with E-state index in [0.29, 0.717) is 0 Å². The van der Waals surface area contributed by atoms with Crippen LogP contribution in [0.5, 0.6) is 0 Å². The Labute approximate surface area is 126 Å². The number of halogens is 3. The average Bonchev–Trinajstić information content (AvgIpc) is 2.32. The Morgan fingerprint density at radius 2 is 1.41 bits per heavy atom. The van der Waals surface area contributed by atoms with E-state index in [9.17, 15) is 0 Å². The molecule has 2 N–H and O–H groups in total. The molecule has 4 heteroatoms. The first-order valence-corrected chi connectivity index (χ1v) is 7.42. The molecule has 0 saturated carbocycles. The van der Waals surface area contributed by atoms with Crippen LogP contribution in [-0.4, -0.2) is 0 Å². The molecule has 2 aromatic carbocycles. The fourth-order valence-electron chi connectivity index (χ4n) is 1.60. The molecule has 2 rings (SSSR count). The van der Waals surface area contributed by atoms with Crippen molar-refractivity contribution in [3.63, 3.8) is 0 Å². The van der Waals surface area contributed by atoms with Crippen molar-refractivity contribution in [2.45, 2.75) is 6.04 Å². The third-order valence-corrected chi connectivity index (χ3v) is 4.27. The summed E-state index contributed by atoms with van der Waals surface area (Å²) in [5.41, 5.74) is 8.43. The summed E-state index contributed by atoms with van der Waals surface area (Å²) in [6, 6.07) is 14.0. The topological polar surface area (TPSA) is 26.0 Å². The minimum atomic E-state index is -0.130. The summed E-state index contributed by atoms with van der Waals surface area (Å²) in [7, 11) is 0. The zero-order chi connectivity index (χ0) is 12.4. The lowest BCUT2D eigenvalue weighted by Gasteiger charge is -2.15. The van der Waals surface area contributed by atoms with E-state index in [0.717, 1.165) is 24.5 Å². The van der Waals surface area contributed by atoms with E-state index >= 15 is 0 Å². The Bertz CT molecular complexity index is 523. The molecule has 17 heavy (non-hydrogen) atoms. The van der Waals surface area contributed by atoms with Gasteiger partial charge in [-0.1, -0.05) is 59.9 Å². The molecular formula is C13H10Br3N. The lowest BCUT2D eigenvalue weighted by Crippen LogP contribution is -2.12. The van der Waals surface area contributed by atoms with Crippen LogP contribution in [0.1, 0.15) is 17.2 Å². The molecular weight excluding hydrogens is 410 g/mol. The number of benzene rings is 2. The molecule has 0 fully saturated rings. The molecule has 0 radical (unpaired) electrons. The van der Waals surface area contributed by atoms with Crippen LogP contribution in [0.3, 0.4) is 0 Å². The zero-order valence-electron chi connectivity index (χ0n) is 8.83. The Kier molecular flexibility index (Phi) is 4.42. The maximum absolute atomic E-state index is 6.27. The van der Waals surface area contributed by atoms with E-state index in [1.165, 1.54) is 0 Å². The van der Waals surface area contributed by atoms with E-state index in [-0.39, 0.29) is 6.04 Å². The average molecular weight is 420 g/mol. The standard InChI is InChI=1S/C13H10Br3N/c14-9-3-1-8(2-4-9)13(17)11-7-10(15)5-6-12(11)16/h1-7,13H,17H2. The van der Waals surface area contributed by atoms with Crippen LogP contribution in [0.15, 0.2) is 55.9 Å². The molecule has 2 aromatic rings. The van der Waals surface area contributed by atoms with Crippen molar-refractivity contribution in [1.82, 2.24) is 0 Å². The minimum Gasteiger partial charge on any atom is -0.320 e. The van der Waals surface area contributed by atoms with Gasteiger partial charge in [-0.15, -0.1) is 0 Å². The molecule has 1 unspecified atom stereocenters. The zero-order valence-corrected chi connectivity index (χ0v) is 13.6. The van der Waals surface area contributed by atoms with Crippen LogP contribution in [0, 0.1) is 0 Å². The van der Waals surface area contributed by atoms with Gasteiger partial charge < -0.3 is 5.73 Å². The van der Waals surface area contributed by atoms with Crippen molar-refractivity contribution >= 4 is 47.8 Å². The summed E-state index contributed by atoms with van der Waals surface area (Å²) >= 11 is 10.4. The van der Waals surface area contributed by atoms with E-state index < -0.39 is 0 Å². The lowest BCUT2D eigenvalue weighted by molar-refractivity contribution is 0.864. The van der Waals surface area contributed by atoms with Crippen LogP contribution >= 0.6 is 47.8 Å².